The van der Waals surface area contributed by atoms with Gasteiger partial charge in [0.2, 0.25) is 10.0 Å². The first-order valence-corrected chi connectivity index (χ1v) is 8.05. The van der Waals surface area contributed by atoms with Gasteiger partial charge in [0.25, 0.3) is 0 Å². The van der Waals surface area contributed by atoms with Gasteiger partial charge in [-0.1, -0.05) is 0 Å². The van der Waals surface area contributed by atoms with Gasteiger partial charge in [-0.05, 0) is 27.7 Å². The van der Waals surface area contributed by atoms with E-state index in [-0.39, 0.29) is 11.4 Å². The van der Waals surface area contributed by atoms with E-state index < -0.39 is 10.0 Å². The van der Waals surface area contributed by atoms with Crippen molar-refractivity contribution in [3.05, 3.63) is 27.0 Å². The molecule has 0 saturated heterocycles. The highest BCUT2D eigenvalue weighted by Crippen LogP contribution is 2.20. The Morgan fingerprint density at radius 3 is 2.37 bits per heavy atom. The molecule has 0 aliphatic rings. The number of aromatic nitrogens is 3. The van der Waals surface area contributed by atoms with Crippen molar-refractivity contribution in [2.45, 2.75) is 39.1 Å². The molecule has 0 atom stereocenters. The molecule has 0 aliphatic carbocycles. The minimum Gasteiger partial charge on any atom is -0.281 e. The number of aromatic amines is 1. The zero-order valence-corrected chi connectivity index (χ0v) is 12.9. The van der Waals surface area contributed by atoms with E-state index in [0.29, 0.717) is 11.4 Å². The number of thiazole rings is 1. The topological polar surface area (TPSA) is 87.7 Å². The smallest absolute Gasteiger partial charge is 0.244 e. The quantitative estimate of drug-likeness (QED) is 0.897. The number of nitrogens with zero attached hydrogens (tertiary/aromatic N) is 2. The standard InChI is InChI=1S/C11H16N4O2S2/c1-6-10(18-9(4)13-6)5-12-19(16,17)11-7(2)14-15-8(11)3/h12H,5H2,1-4H3,(H,14,15). The predicted octanol–water partition coefficient (Wildman–Crippen LogP) is 1.58. The van der Waals surface area contributed by atoms with Crippen molar-refractivity contribution in [2.24, 2.45) is 0 Å². The molecule has 0 bridgehead atoms. The maximum absolute atomic E-state index is 12.2. The third-order valence-corrected chi connectivity index (χ3v) is 5.49. The van der Waals surface area contributed by atoms with Crippen LogP contribution in [0.15, 0.2) is 4.90 Å². The van der Waals surface area contributed by atoms with Crippen LogP contribution in [0, 0.1) is 27.7 Å². The lowest BCUT2D eigenvalue weighted by atomic mass is 10.4. The Hall–Kier alpha value is -1.25. The van der Waals surface area contributed by atoms with Crippen LogP contribution in [0.25, 0.3) is 0 Å². The second kappa shape index (κ2) is 5.03. The van der Waals surface area contributed by atoms with E-state index in [9.17, 15) is 8.42 Å². The molecule has 2 N–H and O–H groups in total. The Bertz CT molecular complexity index is 681. The number of sulfonamides is 1. The summed E-state index contributed by atoms with van der Waals surface area (Å²) in [4.78, 5) is 5.43. The summed E-state index contributed by atoms with van der Waals surface area (Å²) in [5, 5.41) is 7.52. The van der Waals surface area contributed by atoms with Crippen LogP contribution in [0.4, 0.5) is 0 Å². The van der Waals surface area contributed by atoms with E-state index in [2.05, 4.69) is 19.9 Å². The lowest BCUT2D eigenvalue weighted by molar-refractivity contribution is 0.580. The third kappa shape index (κ3) is 2.85. The monoisotopic (exact) mass is 300 g/mol. The largest absolute Gasteiger partial charge is 0.281 e. The van der Waals surface area contributed by atoms with Crippen molar-refractivity contribution in [2.75, 3.05) is 0 Å². The van der Waals surface area contributed by atoms with Gasteiger partial charge in [-0.25, -0.2) is 18.1 Å². The third-order valence-electron chi connectivity index (χ3n) is 2.75. The van der Waals surface area contributed by atoms with Crippen molar-refractivity contribution < 1.29 is 8.42 Å². The number of hydrogen-bond donors (Lipinski definition) is 2. The van der Waals surface area contributed by atoms with Gasteiger partial charge in [-0.2, -0.15) is 5.10 Å². The molecule has 104 valence electrons. The maximum Gasteiger partial charge on any atom is 0.244 e. The van der Waals surface area contributed by atoms with Crippen LogP contribution in [0.3, 0.4) is 0 Å². The minimum atomic E-state index is -3.55. The molecule has 8 heteroatoms. The van der Waals surface area contributed by atoms with Gasteiger partial charge in [-0.15, -0.1) is 11.3 Å². The highest BCUT2D eigenvalue weighted by atomic mass is 32.2. The second-order valence-corrected chi connectivity index (χ2v) is 7.32. The molecular weight excluding hydrogens is 284 g/mol. The van der Waals surface area contributed by atoms with E-state index in [4.69, 9.17) is 0 Å². The van der Waals surface area contributed by atoms with Gasteiger partial charge in [0.1, 0.15) is 4.90 Å². The minimum absolute atomic E-state index is 0.228. The number of nitrogens with one attached hydrogen (secondary N) is 2. The molecule has 2 aromatic rings. The molecule has 0 unspecified atom stereocenters. The molecule has 0 aromatic carbocycles. The van der Waals surface area contributed by atoms with Gasteiger partial charge in [0, 0.05) is 11.4 Å². The molecule has 0 radical (unpaired) electrons. The zero-order chi connectivity index (χ0) is 14.2. The number of aryl methyl sites for hydroxylation is 4. The molecular formula is C11H16N4O2S2. The van der Waals surface area contributed by atoms with E-state index in [1.807, 2.05) is 13.8 Å². The van der Waals surface area contributed by atoms with Crippen molar-refractivity contribution >= 4 is 21.4 Å². The molecule has 2 aromatic heterocycles. The molecule has 0 aliphatic heterocycles. The van der Waals surface area contributed by atoms with Crippen LogP contribution < -0.4 is 4.72 Å². The molecule has 0 fully saturated rings. The second-order valence-electron chi connectivity index (χ2n) is 4.33. The normalized spacial score (nSPS) is 12.0. The van der Waals surface area contributed by atoms with E-state index in [1.54, 1.807) is 13.8 Å². The Morgan fingerprint density at radius 2 is 1.89 bits per heavy atom. The fourth-order valence-corrected chi connectivity index (χ4v) is 4.24. The van der Waals surface area contributed by atoms with Gasteiger partial charge < -0.3 is 0 Å². The predicted molar refractivity (Wildman–Crippen MR) is 73.7 cm³/mol. The number of rotatable bonds is 4. The summed E-state index contributed by atoms with van der Waals surface area (Å²) in [7, 11) is -3.55. The van der Waals surface area contributed by atoms with E-state index in [0.717, 1.165) is 15.6 Å². The van der Waals surface area contributed by atoms with Crippen molar-refractivity contribution in [1.82, 2.24) is 19.9 Å². The van der Waals surface area contributed by atoms with E-state index >= 15 is 0 Å². The van der Waals surface area contributed by atoms with Crippen LogP contribution in [-0.2, 0) is 16.6 Å². The molecule has 0 spiro atoms. The van der Waals surface area contributed by atoms with Crippen LogP contribution in [-0.4, -0.2) is 23.6 Å². The SMILES string of the molecule is Cc1nc(C)c(CNS(=O)(=O)c2c(C)n[nH]c2C)s1. The molecule has 19 heavy (non-hydrogen) atoms. The Morgan fingerprint density at radius 1 is 1.21 bits per heavy atom. The number of hydrogen-bond acceptors (Lipinski definition) is 5. The summed E-state index contributed by atoms with van der Waals surface area (Å²) < 4.78 is 27.1. The average Bonchev–Trinajstić information content (AvgIpc) is 2.79. The van der Waals surface area contributed by atoms with Crippen LogP contribution in [0.1, 0.15) is 27.0 Å². The molecule has 0 saturated carbocycles. The first kappa shape index (κ1) is 14.2. The van der Waals surface area contributed by atoms with Crippen molar-refractivity contribution in [3.63, 3.8) is 0 Å². The summed E-state index contributed by atoms with van der Waals surface area (Å²) in [6.07, 6.45) is 0. The molecule has 0 amide bonds. The lowest BCUT2D eigenvalue weighted by Gasteiger charge is -2.06. The average molecular weight is 300 g/mol. The summed E-state index contributed by atoms with van der Waals surface area (Å²) in [5.41, 5.74) is 1.88. The Kier molecular flexibility index (Phi) is 3.75. The zero-order valence-electron chi connectivity index (χ0n) is 11.2. The fraction of sp³-hybridized carbons (Fsp3) is 0.455. The maximum atomic E-state index is 12.2. The summed E-state index contributed by atoms with van der Waals surface area (Å²) in [5.74, 6) is 0. The highest BCUT2D eigenvalue weighted by Gasteiger charge is 2.22. The Labute approximate surface area is 116 Å². The first-order valence-electron chi connectivity index (χ1n) is 5.75. The van der Waals surface area contributed by atoms with Gasteiger partial charge in [0.15, 0.2) is 0 Å². The van der Waals surface area contributed by atoms with Gasteiger partial charge in [0.05, 0.1) is 22.1 Å². The van der Waals surface area contributed by atoms with Crippen molar-refractivity contribution in [1.29, 1.82) is 0 Å². The van der Waals surface area contributed by atoms with Crippen LogP contribution in [0.2, 0.25) is 0 Å². The lowest BCUT2D eigenvalue weighted by Crippen LogP contribution is -2.24. The molecule has 2 heterocycles. The fourth-order valence-electron chi connectivity index (χ4n) is 1.91. The summed E-state index contributed by atoms with van der Waals surface area (Å²) >= 11 is 1.50. The van der Waals surface area contributed by atoms with Crippen LogP contribution >= 0.6 is 11.3 Å². The highest BCUT2D eigenvalue weighted by molar-refractivity contribution is 7.89. The van der Waals surface area contributed by atoms with Gasteiger partial charge >= 0.3 is 0 Å². The van der Waals surface area contributed by atoms with Crippen molar-refractivity contribution in [3.8, 4) is 0 Å². The summed E-state index contributed by atoms with van der Waals surface area (Å²) in [6.45, 7) is 7.39. The summed E-state index contributed by atoms with van der Waals surface area (Å²) in [6, 6.07) is 0. The van der Waals surface area contributed by atoms with Crippen LogP contribution in [0.5, 0.6) is 0 Å². The molecule has 6 nitrogen and oxygen atoms in total. The molecule has 2 rings (SSSR count). The van der Waals surface area contributed by atoms with Gasteiger partial charge in [-0.3, -0.25) is 5.10 Å². The number of H-pyrrole nitrogens is 1. The first-order chi connectivity index (χ1) is 8.81. The Balaban J connectivity index is 2.21. The van der Waals surface area contributed by atoms with E-state index in [1.165, 1.54) is 11.3 Å².